The molecule has 0 spiro atoms. The number of thioether (sulfide) groups is 1. The molecule has 0 aliphatic carbocycles. The van der Waals surface area contributed by atoms with Crippen molar-refractivity contribution in [1.29, 1.82) is 0 Å². The number of amides is 2. The van der Waals surface area contributed by atoms with Crippen molar-refractivity contribution in [2.45, 2.75) is 37.1 Å². The van der Waals surface area contributed by atoms with E-state index < -0.39 is 0 Å². The summed E-state index contributed by atoms with van der Waals surface area (Å²) >= 11 is 1.60. The van der Waals surface area contributed by atoms with Gasteiger partial charge in [0.2, 0.25) is 11.8 Å². The third-order valence-corrected chi connectivity index (χ3v) is 6.64. The summed E-state index contributed by atoms with van der Waals surface area (Å²) in [6, 6.07) is 14.1. The van der Waals surface area contributed by atoms with Crippen molar-refractivity contribution in [3.05, 3.63) is 59.9 Å². The molecule has 166 valence electrons. The molecule has 0 bridgehead atoms. The number of benzene rings is 2. The molecule has 3 rings (SSSR count). The van der Waals surface area contributed by atoms with Crippen LogP contribution in [-0.2, 0) is 16.0 Å². The number of halogens is 1. The van der Waals surface area contributed by atoms with E-state index in [4.69, 9.17) is 0 Å². The fourth-order valence-electron chi connectivity index (χ4n) is 3.87. The van der Waals surface area contributed by atoms with Gasteiger partial charge in [-0.15, -0.1) is 11.8 Å². The molecule has 1 heterocycles. The van der Waals surface area contributed by atoms with Gasteiger partial charge in [0.1, 0.15) is 5.82 Å². The average Bonchev–Trinajstić information content (AvgIpc) is 2.80. The zero-order chi connectivity index (χ0) is 22.2. The Morgan fingerprint density at radius 2 is 1.81 bits per heavy atom. The third-order valence-electron chi connectivity index (χ3n) is 5.84. The number of anilines is 1. The van der Waals surface area contributed by atoms with Crippen molar-refractivity contribution < 1.29 is 14.0 Å². The number of para-hydroxylation sites is 1. The molecule has 2 amide bonds. The number of hydrogen-bond donors (Lipinski definition) is 2. The maximum absolute atomic E-state index is 13.7. The first-order valence-corrected chi connectivity index (χ1v) is 11.9. The lowest BCUT2D eigenvalue weighted by atomic mass is 9.94. The zero-order valence-corrected chi connectivity index (χ0v) is 18.9. The smallest absolute Gasteiger partial charge is 0.241 e. The number of piperidine rings is 1. The summed E-state index contributed by atoms with van der Waals surface area (Å²) in [7, 11) is 0. The molecule has 5 nitrogen and oxygen atoms in total. The second-order valence-electron chi connectivity index (χ2n) is 7.81. The Kier molecular flexibility index (Phi) is 8.49. The molecular weight excluding hydrogens is 413 g/mol. The van der Waals surface area contributed by atoms with Gasteiger partial charge in [-0.1, -0.05) is 30.3 Å². The van der Waals surface area contributed by atoms with E-state index >= 15 is 0 Å². The van der Waals surface area contributed by atoms with Gasteiger partial charge in [0.15, 0.2) is 0 Å². The Morgan fingerprint density at radius 3 is 2.52 bits per heavy atom. The molecule has 1 saturated heterocycles. The van der Waals surface area contributed by atoms with Crippen LogP contribution in [0.2, 0.25) is 0 Å². The van der Waals surface area contributed by atoms with Crippen LogP contribution in [0.3, 0.4) is 0 Å². The molecule has 1 aliphatic heterocycles. The van der Waals surface area contributed by atoms with Crippen molar-refractivity contribution in [2.24, 2.45) is 5.92 Å². The molecular formula is C24H30FN3O2S. The summed E-state index contributed by atoms with van der Waals surface area (Å²) in [6.07, 6.45) is 3.89. The summed E-state index contributed by atoms with van der Waals surface area (Å²) in [5.41, 5.74) is 1.44. The Hall–Kier alpha value is -2.38. The summed E-state index contributed by atoms with van der Waals surface area (Å²) in [5, 5.41) is 5.96. The molecule has 1 fully saturated rings. The molecule has 0 radical (unpaired) electrons. The Balaban J connectivity index is 1.43. The molecule has 1 unspecified atom stereocenters. The van der Waals surface area contributed by atoms with Crippen molar-refractivity contribution >= 4 is 29.3 Å². The molecule has 1 aliphatic rings. The van der Waals surface area contributed by atoms with Crippen LogP contribution in [0.1, 0.15) is 25.3 Å². The summed E-state index contributed by atoms with van der Waals surface area (Å²) < 4.78 is 13.7. The lowest BCUT2D eigenvalue weighted by molar-refractivity contribution is -0.127. The maximum atomic E-state index is 13.7. The van der Waals surface area contributed by atoms with Gasteiger partial charge in [0, 0.05) is 17.4 Å². The molecule has 0 saturated carbocycles. The quantitative estimate of drug-likeness (QED) is 0.607. The highest BCUT2D eigenvalue weighted by molar-refractivity contribution is 7.98. The van der Waals surface area contributed by atoms with Crippen molar-refractivity contribution in [2.75, 3.05) is 31.2 Å². The minimum atomic E-state index is -0.264. The SMILES string of the molecule is CSc1ccccc1NC(=O)C(C)N1CCC(C(=O)NCCc2ccccc2F)CC1. The largest absolute Gasteiger partial charge is 0.356 e. The van der Waals surface area contributed by atoms with Gasteiger partial charge >= 0.3 is 0 Å². The van der Waals surface area contributed by atoms with E-state index in [1.54, 1.807) is 30.0 Å². The number of nitrogens with one attached hydrogen (secondary N) is 2. The monoisotopic (exact) mass is 443 g/mol. The Morgan fingerprint density at radius 1 is 1.13 bits per heavy atom. The highest BCUT2D eigenvalue weighted by Gasteiger charge is 2.29. The maximum Gasteiger partial charge on any atom is 0.241 e. The normalized spacial score (nSPS) is 16.0. The van der Waals surface area contributed by atoms with Gasteiger partial charge in [0.05, 0.1) is 11.7 Å². The number of nitrogens with zero attached hydrogens (tertiary/aromatic N) is 1. The van der Waals surface area contributed by atoms with Crippen molar-refractivity contribution in [3.8, 4) is 0 Å². The number of hydrogen-bond acceptors (Lipinski definition) is 4. The van der Waals surface area contributed by atoms with Gasteiger partial charge in [0.25, 0.3) is 0 Å². The first-order valence-electron chi connectivity index (χ1n) is 10.7. The van der Waals surface area contributed by atoms with Crippen LogP contribution in [0.15, 0.2) is 53.4 Å². The molecule has 2 N–H and O–H groups in total. The second kappa shape index (κ2) is 11.3. The van der Waals surface area contributed by atoms with E-state index in [1.807, 2.05) is 37.4 Å². The Bertz CT molecular complexity index is 900. The topological polar surface area (TPSA) is 61.4 Å². The van der Waals surface area contributed by atoms with Gasteiger partial charge in [-0.3, -0.25) is 14.5 Å². The predicted octanol–water partition coefficient (Wildman–Crippen LogP) is 3.95. The van der Waals surface area contributed by atoms with Crippen LogP contribution in [0.25, 0.3) is 0 Å². The number of carbonyl (C=O) groups is 2. The molecule has 2 aromatic rings. The minimum absolute atomic E-state index is 0.0157. The molecule has 7 heteroatoms. The highest BCUT2D eigenvalue weighted by atomic mass is 32.2. The highest BCUT2D eigenvalue weighted by Crippen LogP contribution is 2.25. The van der Waals surface area contributed by atoms with Crippen LogP contribution in [0.5, 0.6) is 0 Å². The van der Waals surface area contributed by atoms with E-state index in [9.17, 15) is 14.0 Å². The summed E-state index contributed by atoms with van der Waals surface area (Å²) in [5.74, 6) is -0.321. The first kappa shape index (κ1) is 23.3. The van der Waals surface area contributed by atoms with Gasteiger partial charge in [-0.2, -0.15) is 0 Å². The van der Waals surface area contributed by atoms with Crippen LogP contribution in [0.4, 0.5) is 10.1 Å². The standard InChI is InChI=1S/C24H30FN3O2S/c1-17(23(29)27-21-9-5-6-10-22(21)31-2)28-15-12-19(13-16-28)24(30)26-14-11-18-7-3-4-8-20(18)25/h3-10,17,19H,11-16H2,1-2H3,(H,26,30)(H,27,29). The van der Waals surface area contributed by atoms with E-state index in [0.29, 0.717) is 44.5 Å². The van der Waals surface area contributed by atoms with E-state index in [1.165, 1.54) is 6.07 Å². The number of carbonyl (C=O) groups excluding carboxylic acids is 2. The van der Waals surface area contributed by atoms with Crippen molar-refractivity contribution in [3.63, 3.8) is 0 Å². The Labute approximate surface area is 187 Å². The average molecular weight is 444 g/mol. The summed E-state index contributed by atoms with van der Waals surface area (Å²) in [4.78, 5) is 28.4. The van der Waals surface area contributed by atoms with Crippen LogP contribution in [-0.4, -0.2) is 48.6 Å². The number of likely N-dealkylation sites (tertiary alicyclic amines) is 1. The van der Waals surface area contributed by atoms with Gasteiger partial charge < -0.3 is 10.6 Å². The molecule has 0 aromatic heterocycles. The third kappa shape index (κ3) is 6.31. The second-order valence-corrected chi connectivity index (χ2v) is 8.66. The van der Waals surface area contributed by atoms with Crippen LogP contribution >= 0.6 is 11.8 Å². The zero-order valence-electron chi connectivity index (χ0n) is 18.1. The van der Waals surface area contributed by atoms with E-state index in [2.05, 4.69) is 15.5 Å². The van der Waals surface area contributed by atoms with Crippen molar-refractivity contribution in [1.82, 2.24) is 10.2 Å². The first-order chi connectivity index (χ1) is 15.0. The fourth-order valence-corrected chi connectivity index (χ4v) is 4.42. The lowest BCUT2D eigenvalue weighted by Gasteiger charge is -2.34. The predicted molar refractivity (Wildman–Crippen MR) is 124 cm³/mol. The molecule has 31 heavy (non-hydrogen) atoms. The lowest BCUT2D eigenvalue weighted by Crippen LogP contribution is -2.48. The van der Waals surface area contributed by atoms with Gasteiger partial charge in [-0.05, 0) is 69.3 Å². The van der Waals surface area contributed by atoms with Crippen LogP contribution < -0.4 is 10.6 Å². The molecule has 2 aromatic carbocycles. The fraction of sp³-hybridized carbons (Fsp3) is 0.417. The number of rotatable bonds is 8. The summed E-state index contributed by atoms with van der Waals surface area (Å²) in [6.45, 7) is 3.73. The van der Waals surface area contributed by atoms with E-state index in [0.717, 1.165) is 10.6 Å². The van der Waals surface area contributed by atoms with Gasteiger partial charge in [-0.25, -0.2) is 4.39 Å². The molecule has 1 atom stereocenters. The van der Waals surface area contributed by atoms with E-state index in [-0.39, 0.29) is 29.6 Å². The van der Waals surface area contributed by atoms with Crippen LogP contribution in [0, 0.1) is 11.7 Å². The minimum Gasteiger partial charge on any atom is -0.356 e.